The van der Waals surface area contributed by atoms with E-state index in [1.165, 1.54) is 32.4 Å². The maximum absolute atomic E-state index is 5.55. The third kappa shape index (κ3) is 3.35. The van der Waals surface area contributed by atoms with Crippen molar-refractivity contribution >= 4 is 0 Å². The average molecular weight is 222 g/mol. The molecule has 1 aliphatic heterocycles. The highest BCUT2D eigenvalue weighted by atomic mass is 16.3. The lowest BCUT2D eigenvalue weighted by Gasteiger charge is -2.15. The lowest BCUT2D eigenvalue weighted by atomic mass is 10.1. The fraction of sp³-hybridized carbons (Fsp3) is 0.692. The fourth-order valence-electron chi connectivity index (χ4n) is 2.27. The molecule has 16 heavy (non-hydrogen) atoms. The number of rotatable bonds is 3. The molecule has 3 heteroatoms. The smallest absolute Gasteiger partial charge is 0.117 e. The molecule has 0 saturated carbocycles. The topological polar surface area (TPSA) is 28.4 Å². The first-order valence-electron chi connectivity index (χ1n) is 6.21. The summed E-state index contributed by atoms with van der Waals surface area (Å²) < 4.78 is 5.55. The first-order valence-corrected chi connectivity index (χ1v) is 6.21. The maximum Gasteiger partial charge on any atom is 0.117 e. The van der Waals surface area contributed by atoms with Crippen molar-refractivity contribution in [2.24, 2.45) is 0 Å². The third-order valence-corrected chi connectivity index (χ3v) is 3.31. The predicted molar refractivity (Wildman–Crippen MR) is 65.4 cm³/mol. The van der Waals surface area contributed by atoms with Gasteiger partial charge in [-0.3, -0.25) is 0 Å². The van der Waals surface area contributed by atoms with Crippen molar-refractivity contribution in [1.82, 2.24) is 10.2 Å². The zero-order chi connectivity index (χ0) is 11.4. The average Bonchev–Trinajstić information content (AvgIpc) is 2.56. The molecular formula is C13H22N2O. The van der Waals surface area contributed by atoms with Crippen LogP contribution in [0.3, 0.4) is 0 Å². The fourth-order valence-corrected chi connectivity index (χ4v) is 2.27. The van der Waals surface area contributed by atoms with Gasteiger partial charge < -0.3 is 14.6 Å². The zero-order valence-electron chi connectivity index (χ0n) is 10.3. The monoisotopic (exact) mass is 222 g/mol. The van der Waals surface area contributed by atoms with Gasteiger partial charge in [0.05, 0.1) is 6.54 Å². The molecule has 0 aliphatic carbocycles. The van der Waals surface area contributed by atoms with Crippen LogP contribution in [0.25, 0.3) is 0 Å². The first kappa shape index (κ1) is 11.7. The van der Waals surface area contributed by atoms with Crippen LogP contribution < -0.4 is 5.32 Å². The van der Waals surface area contributed by atoms with Crippen molar-refractivity contribution in [1.29, 1.82) is 0 Å². The van der Waals surface area contributed by atoms with Crippen LogP contribution in [0.2, 0.25) is 0 Å². The van der Waals surface area contributed by atoms with Crippen LogP contribution in [0.5, 0.6) is 0 Å². The van der Waals surface area contributed by atoms with Gasteiger partial charge in [-0.15, -0.1) is 0 Å². The van der Waals surface area contributed by atoms with Crippen molar-refractivity contribution in [3.8, 4) is 0 Å². The summed E-state index contributed by atoms with van der Waals surface area (Å²) in [6.45, 7) is 5.29. The number of aryl methyl sites for hydroxylation is 1. The Kier molecular flexibility index (Phi) is 4.02. The van der Waals surface area contributed by atoms with Gasteiger partial charge in [0, 0.05) is 6.04 Å². The Balaban J connectivity index is 1.77. The molecule has 0 bridgehead atoms. The molecule has 2 rings (SSSR count). The van der Waals surface area contributed by atoms with Gasteiger partial charge in [-0.2, -0.15) is 0 Å². The van der Waals surface area contributed by atoms with E-state index in [9.17, 15) is 0 Å². The molecule has 0 aromatic carbocycles. The number of likely N-dealkylation sites (tertiary alicyclic amines) is 1. The van der Waals surface area contributed by atoms with Crippen molar-refractivity contribution in [3.05, 3.63) is 23.7 Å². The number of hydrogen-bond donors (Lipinski definition) is 1. The molecule has 0 radical (unpaired) electrons. The molecule has 1 aromatic heterocycles. The minimum absolute atomic E-state index is 0.648. The molecule has 1 unspecified atom stereocenters. The Hall–Kier alpha value is -0.800. The van der Waals surface area contributed by atoms with Crippen LogP contribution in [-0.4, -0.2) is 31.1 Å². The normalized spacial score (nSPS) is 23.2. The second-order valence-corrected chi connectivity index (χ2v) is 4.82. The van der Waals surface area contributed by atoms with E-state index in [1.54, 1.807) is 0 Å². The van der Waals surface area contributed by atoms with Gasteiger partial charge in [-0.05, 0) is 58.5 Å². The molecule has 1 aromatic rings. The lowest BCUT2D eigenvalue weighted by Crippen LogP contribution is -2.29. The minimum atomic E-state index is 0.648. The molecule has 3 nitrogen and oxygen atoms in total. The summed E-state index contributed by atoms with van der Waals surface area (Å²) >= 11 is 0. The summed E-state index contributed by atoms with van der Waals surface area (Å²) in [5.41, 5.74) is 0. The van der Waals surface area contributed by atoms with E-state index in [2.05, 4.69) is 23.3 Å². The van der Waals surface area contributed by atoms with Gasteiger partial charge in [0.15, 0.2) is 0 Å². The quantitative estimate of drug-likeness (QED) is 0.849. The van der Waals surface area contributed by atoms with E-state index in [0.717, 1.165) is 18.1 Å². The molecule has 1 saturated heterocycles. The molecule has 0 spiro atoms. The van der Waals surface area contributed by atoms with Gasteiger partial charge in [0.25, 0.3) is 0 Å². The number of nitrogens with one attached hydrogen (secondary N) is 1. The van der Waals surface area contributed by atoms with Gasteiger partial charge in [0.2, 0.25) is 0 Å². The van der Waals surface area contributed by atoms with E-state index in [4.69, 9.17) is 4.42 Å². The lowest BCUT2D eigenvalue weighted by molar-refractivity contribution is 0.341. The van der Waals surface area contributed by atoms with Crippen molar-refractivity contribution in [2.75, 3.05) is 20.1 Å². The van der Waals surface area contributed by atoms with Crippen molar-refractivity contribution < 1.29 is 4.42 Å². The van der Waals surface area contributed by atoms with Crippen LogP contribution in [0.4, 0.5) is 0 Å². The van der Waals surface area contributed by atoms with E-state index in [1.807, 2.05) is 13.0 Å². The molecule has 2 heterocycles. The number of nitrogens with zero attached hydrogens (tertiary/aromatic N) is 1. The van der Waals surface area contributed by atoms with Gasteiger partial charge in [-0.1, -0.05) is 0 Å². The van der Waals surface area contributed by atoms with E-state index >= 15 is 0 Å². The summed E-state index contributed by atoms with van der Waals surface area (Å²) in [5.74, 6) is 2.05. The molecule has 0 amide bonds. The summed E-state index contributed by atoms with van der Waals surface area (Å²) in [5, 5.41) is 3.59. The number of hydrogen-bond acceptors (Lipinski definition) is 3. The van der Waals surface area contributed by atoms with Crippen LogP contribution >= 0.6 is 0 Å². The molecule has 1 atom stereocenters. The standard InChI is InChI=1S/C13H22N2O/c1-11-5-6-13(16-11)10-14-12-4-3-8-15(2)9-7-12/h5-6,12,14H,3-4,7-10H2,1-2H3. The zero-order valence-corrected chi connectivity index (χ0v) is 10.3. The van der Waals surface area contributed by atoms with Crippen molar-refractivity contribution in [2.45, 2.75) is 38.8 Å². The Morgan fingerprint density at radius 1 is 1.38 bits per heavy atom. The number of furan rings is 1. The summed E-state index contributed by atoms with van der Waals surface area (Å²) in [6.07, 6.45) is 3.82. The Labute approximate surface area is 97.8 Å². The van der Waals surface area contributed by atoms with Gasteiger partial charge >= 0.3 is 0 Å². The SMILES string of the molecule is Cc1ccc(CNC2CCCN(C)CC2)o1. The Morgan fingerprint density at radius 2 is 2.25 bits per heavy atom. The second kappa shape index (κ2) is 5.51. The minimum Gasteiger partial charge on any atom is -0.465 e. The highest BCUT2D eigenvalue weighted by molar-refractivity contribution is 5.05. The van der Waals surface area contributed by atoms with Crippen molar-refractivity contribution in [3.63, 3.8) is 0 Å². The Bertz CT molecular complexity index is 321. The van der Waals surface area contributed by atoms with Crippen LogP contribution in [-0.2, 0) is 6.54 Å². The molecule has 1 aliphatic rings. The van der Waals surface area contributed by atoms with E-state index in [-0.39, 0.29) is 0 Å². The molecule has 1 N–H and O–H groups in total. The second-order valence-electron chi connectivity index (χ2n) is 4.82. The summed E-state index contributed by atoms with van der Waals surface area (Å²) in [6, 6.07) is 4.73. The van der Waals surface area contributed by atoms with Gasteiger partial charge in [0.1, 0.15) is 11.5 Å². The first-order chi connectivity index (χ1) is 7.74. The highest BCUT2D eigenvalue weighted by Crippen LogP contribution is 2.11. The summed E-state index contributed by atoms with van der Waals surface area (Å²) in [4.78, 5) is 2.42. The third-order valence-electron chi connectivity index (χ3n) is 3.31. The summed E-state index contributed by atoms with van der Waals surface area (Å²) in [7, 11) is 2.21. The largest absolute Gasteiger partial charge is 0.465 e. The van der Waals surface area contributed by atoms with Crippen LogP contribution in [0.1, 0.15) is 30.8 Å². The Morgan fingerprint density at radius 3 is 3.00 bits per heavy atom. The van der Waals surface area contributed by atoms with Gasteiger partial charge in [-0.25, -0.2) is 0 Å². The van der Waals surface area contributed by atoms with Crippen LogP contribution in [0, 0.1) is 6.92 Å². The maximum atomic E-state index is 5.55. The van der Waals surface area contributed by atoms with E-state index < -0.39 is 0 Å². The molecule has 90 valence electrons. The predicted octanol–water partition coefficient (Wildman–Crippen LogP) is 2.16. The van der Waals surface area contributed by atoms with E-state index in [0.29, 0.717) is 6.04 Å². The van der Waals surface area contributed by atoms with Crippen LogP contribution in [0.15, 0.2) is 16.5 Å². The molecule has 1 fully saturated rings. The highest BCUT2D eigenvalue weighted by Gasteiger charge is 2.14. The molecular weight excluding hydrogens is 200 g/mol.